The van der Waals surface area contributed by atoms with Crippen LogP contribution in [-0.2, 0) is 12.7 Å². The average molecular weight is 328 g/mol. The summed E-state index contributed by atoms with van der Waals surface area (Å²) in [4.78, 5) is 7.46. The lowest BCUT2D eigenvalue weighted by Crippen LogP contribution is -2.15. The Kier molecular flexibility index (Phi) is 4.76. The second-order valence-corrected chi connectivity index (χ2v) is 5.12. The van der Waals surface area contributed by atoms with E-state index in [1.807, 2.05) is 6.92 Å². The summed E-state index contributed by atoms with van der Waals surface area (Å²) in [6.45, 7) is 4.39. The van der Waals surface area contributed by atoms with E-state index in [-0.39, 0.29) is 17.5 Å². The van der Waals surface area contributed by atoms with Crippen molar-refractivity contribution in [3.63, 3.8) is 0 Å². The fraction of sp³-hybridized carbons (Fsp3) is 0.500. The standard InChI is InChI=1S/C14H19F3N6/c1-4-5-6-23-8(2)9(7-20-23)11-10(14(15,16)17)12(19-3)22-13(18)21-11/h7H,4-6H2,1-3H3,(H3,18,19,21,22). The number of nitrogens with two attached hydrogens (primary N) is 1. The molecule has 0 aliphatic carbocycles. The number of nitrogens with one attached hydrogen (secondary N) is 1. The van der Waals surface area contributed by atoms with Gasteiger partial charge >= 0.3 is 6.18 Å². The molecule has 23 heavy (non-hydrogen) atoms. The number of nitrogen functional groups attached to an aromatic ring is 1. The number of anilines is 2. The van der Waals surface area contributed by atoms with Gasteiger partial charge in [0, 0.05) is 24.8 Å². The first-order valence-corrected chi connectivity index (χ1v) is 7.24. The maximum absolute atomic E-state index is 13.5. The highest BCUT2D eigenvalue weighted by atomic mass is 19.4. The number of hydrogen-bond donors (Lipinski definition) is 2. The van der Waals surface area contributed by atoms with Crippen molar-refractivity contribution in [2.75, 3.05) is 18.1 Å². The Balaban J connectivity index is 2.63. The topological polar surface area (TPSA) is 81.7 Å². The maximum atomic E-state index is 13.5. The van der Waals surface area contributed by atoms with Gasteiger partial charge in [-0.25, -0.2) is 4.98 Å². The molecule has 2 rings (SSSR count). The lowest BCUT2D eigenvalue weighted by molar-refractivity contribution is -0.136. The third-order valence-corrected chi connectivity index (χ3v) is 3.53. The number of aryl methyl sites for hydroxylation is 1. The summed E-state index contributed by atoms with van der Waals surface area (Å²) in [7, 11) is 1.36. The van der Waals surface area contributed by atoms with Crippen LogP contribution in [0.15, 0.2) is 6.20 Å². The third kappa shape index (κ3) is 3.38. The molecule has 3 N–H and O–H groups in total. The van der Waals surface area contributed by atoms with E-state index in [1.165, 1.54) is 13.2 Å². The zero-order valence-corrected chi connectivity index (χ0v) is 13.2. The van der Waals surface area contributed by atoms with Crippen molar-refractivity contribution < 1.29 is 13.2 Å². The number of nitrogens with zero attached hydrogens (tertiary/aromatic N) is 4. The fourth-order valence-electron chi connectivity index (χ4n) is 2.33. The second kappa shape index (κ2) is 6.43. The summed E-state index contributed by atoms with van der Waals surface area (Å²) in [5.74, 6) is -0.571. The van der Waals surface area contributed by atoms with Crippen LogP contribution >= 0.6 is 0 Å². The highest BCUT2D eigenvalue weighted by Gasteiger charge is 2.39. The van der Waals surface area contributed by atoms with Gasteiger partial charge in [-0.15, -0.1) is 0 Å². The molecule has 2 aromatic heterocycles. The Morgan fingerprint density at radius 1 is 1.30 bits per heavy atom. The molecule has 9 heteroatoms. The number of halogens is 3. The van der Waals surface area contributed by atoms with E-state index in [9.17, 15) is 13.2 Å². The molecule has 6 nitrogen and oxygen atoms in total. The normalized spacial score (nSPS) is 11.7. The van der Waals surface area contributed by atoms with E-state index in [0.717, 1.165) is 12.8 Å². The van der Waals surface area contributed by atoms with Crippen molar-refractivity contribution in [3.8, 4) is 11.3 Å². The van der Waals surface area contributed by atoms with Crippen LogP contribution in [0.3, 0.4) is 0 Å². The summed E-state index contributed by atoms with van der Waals surface area (Å²) >= 11 is 0. The van der Waals surface area contributed by atoms with Gasteiger partial charge in [0.2, 0.25) is 5.95 Å². The molecule has 0 saturated carbocycles. The molecular weight excluding hydrogens is 309 g/mol. The van der Waals surface area contributed by atoms with Gasteiger partial charge in [0.1, 0.15) is 11.4 Å². The summed E-state index contributed by atoms with van der Waals surface area (Å²) in [5.41, 5.74) is 5.29. The van der Waals surface area contributed by atoms with E-state index in [0.29, 0.717) is 17.8 Å². The van der Waals surface area contributed by atoms with Crippen LogP contribution in [-0.4, -0.2) is 26.8 Å². The van der Waals surface area contributed by atoms with Crippen LogP contribution in [0.5, 0.6) is 0 Å². The molecule has 2 heterocycles. The van der Waals surface area contributed by atoms with Gasteiger partial charge in [0.15, 0.2) is 0 Å². The van der Waals surface area contributed by atoms with Crippen molar-refractivity contribution >= 4 is 11.8 Å². The smallest absolute Gasteiger partial charge is 0.372 e. The highest BCUT2D eigenvalue weighted by molar-refractivity contribution is 5.72. The van der Waals surface area contributed by atoms with Crippen LogP contribution in [0.2, 0.25) is 0 Å². The molecule has 0 aliphatic heterocycles. The molecular formula is C14H19F3N6. The molecule has 0 aliphatic rings. The molecule has 2 aromatic rings. The largest absolute Gasteiger partial charge is 0.422 e. The van der Waals surface area contributed by atoms with E-state index < -0.39 is 11.7 Å². The number of aromatic nitrogens is 4. The van der Waals surface area contributed by atoms with E-state index in [2.05, 4.69) is 20.4 Å². The van der Waals surface area contributed by atoms with Gasteiger partial charge in [-0.05, 0) is 13.3 Å². The first-order chi connectivity index (χ1) is 10.8. The minimum Gasteiger partial charge on any atom is -0.372 e. The molecule has 0 unspecified atom stereocenters. The lowest BCUT2D eigenvalue weighted by atomic mass is 10.1. The van der Waals surface area contributed by atoms with Crippen molar-refractivity contribution in [1.82, 2.24) is 19.7 Å². The Bertz CT molecular complexity index is 693. The van der Waals surface area contributed by atoms with Gasteiger partial charge in [-0.3, -0.25) is 4.68 Å². The molecule has 0 amide bonds. The summed E-state index contributed by atoms with van der Waals surface area (Å²) in [6.07, 6.45) is -1.37. The van der Waals surface area contributed by atoms with Crippen LogP contribution in [0.4, 0.5) is 24.9 Å². The van der Waals surface area contributed by atoms with Crippen molar-refractivity contribution in [2.24, 2.45) is 0 Å². The molecule has 0 saturated heterocycles. The van der Waals surface area contributed by atoms with E-state index >= 15 is 0 Å². The third-order valence-electron chi connectivity index (χ3n) is 3.53. The Labute approximate surface area is 131 Å². The molecule has 0 spiro atoms. The van der Waals surface area contributed by atoms with Crippen molar-refractivity contribution in [2.45, 2.75) is 39.4 Å². The van der Waals surface area contributed by atoms with Crippen LogP contribution in [0, 0.1) is 6.92 Å². The minimum atomic E-state index is -4.61. The number of rotatable bonds is 5. The number of unbranched alkanes of at least 4 members (excludes halogenated alkanes) is 1. The van der Waals surface area contributed by atoms with E-state index in [1.54, 1.807) is 11.6 Å². The Morgan fingerprint density at radius 2 is 2.00 bits per heavy atom. The summed E-state index contributed by atoms with van der Waals surface area (Å²) in [6, 6.07) is 0. The van der Waals surface area contributed by atoms with Crippen molar-refractivity contribution in [1.29, 1.82) is 0 Å². The lowest BCUT2D eigenvalue weighted by Gasteiger charge is -2.16. The number of hydrogen-bond acceptors (Lipinski definition) is 5. The Morgan fingerprint density at radius 3 is 2.57 bits per heavy atom. The minimum absolute atomic E-state index is 0.224. The van der Waals surface area contributed by atoms with Crippen LogP contribution in [0.1, 0.15) is 31.0 Å². The van der Waals surface area contributed by atoms with E-state index in [4.69, 9.17) is 5.73 Å². The summed E-state index contributed by atoms with van der Waals surface area (Å²) < 4.78 is 42.1. The van der Waals surface area contributed by atoms with Gasteiger partial charge < -0.3 is 11.1 Å². The maximum Gasteiger partial charge on any atom is 0.422 e. The highest BCUT2D eigenvalue weighted by Crippen LogP contribution is 2.41. The fourth-order valence-corrected chi connectivity index (χ4v) is 2.33. The van der Waals surface area contributed by atoms with Crippen LogP contribution < -0.4 is 11.1 Å². The molecule has 0 bridgehead atoms. The van der Waals surface area contributed by atoms with Gasteiger partial charge in [-0.1, -0.05) is 13.3 Å². The SMILES string of the molecule is CCCCn1ncc(-c2nc(N)nc(NC)c2C(F)(F)F)c1C. The van der Waals surface area contributed by atoms with Gasteiger partial charge in [0.05, 0.1) is 11.9 Å². The predicted molar refractivity (Wildman–Crippen MR) is 81.9 cm³/mol. The predicted octanol–water partition coefficient (Wildman–Crippen LogP) is 3.09. The van der Waals surface area contributed by atoms with Gasteiger partial charge in [0.25, 0.3) is 0 Å². The molecule has 0 atom stereocenters. The van der Waals surface area contributed by atoms with Gasteiger partial charge in [-0.2, -0.15) is 23.3 Å². The first-order valence-electron chi connectivity index (χ1n) is 7.24. The zero-order chi connectivity index (χ0) is 17.2. The zero-order valence-electron chi connectivity index (χ0n) is 13.2. The van der Waals surface area contributed by atoms with Crippen molar-refractivity contribution in [3.05, 3.63) is 17.5 Å². The average Bonchev–Trinajstić information content (AvgIpc) is 2.83. The molecule has 0 fully saturated rings. The van der Waals surface area contributed by atoms with Crippen LogP contribution in [0.25, 0.3) is 11.3 Å². The molecule has 0 aromatic carbocycles. The molecule has 126 valence electrons. The Hall–Kier alpha value is -2.32. The summed E-state index contributed by atoms with van der Waals surface area (Å²) in [5, 5.41) is 6.60. The quantitative estimate of drug-likeness (QED) is 0.881. The number of alkyl halides is 3. The monoisotopic (exact) mass is 328 g/mol. The second-order valence-electron chi connectivity index (χ2n) is 5.12. The molecule has 0 radical (unpaired) electrons. The first kappa shape index (κ1) is 17.0.